The Hall–Kier alpha value is -3.93. The van der Waals surface area contributed by atoms with Crippen LogP contribution in [0.3, 0.4) is 0 Å². The van der Waals surface area contributed by atoms with Crippen LogP contribution in [0.1, 0.15) is 21.7 Å². The number of ketones is 1. The molecule has 0 aliphatic heterocycles. The fraction of sp³-hybridized carbons (Fsp3) is 0.0833. The molecule has 0 atom stereocenters. The van der Waals surface area contributed by atoms with Gasteiger partial charge in [-0.15, -0.1) is 0 Å². The van der Waals surface area contributed by atoms with Gasteiger partial charge in [0.1, 0.15) is 17.1 Å². The lowest BCUT2D eigenvalue weighted by atomic mass is 10.1. The van der Waals surface area contributed by atoms with E-state index in [0.717, 1.165) is 5.56 Å². The first-order chi connectivity index (χ1) is 14.5. The molecular weight excluding hydrogens is 385 g/mol. The van der Waals surface area contributed by atoms with Gasteiger partial charge in [0.15, 0.2) is 12.4 Å². The molecular formula is C24H18FNO4. The molecule has 1 amide bonds. The number of aryl methyl sites for hydroxylation is 1. The molecule has 0 aliphatic carbocycles. The smallest absolute Gasteiger partial charge is 0.262 e. The third-order valence-corrected chi connectivity index (χ3v) is 4.56. The fourth-order valence-corrected chi connectivity index (χ4v) is 3.02. The minimum atomic E-state index is -0.457. The number of benzene rings is 3. The molecule has 1 heterocycles. The minimum Gasteiger partial charge on any atom is -0.484 e. The van der Waals surface area contributed by atoms with Crippen molar-refractivity contribution in [1.82, 2.24) is 0 Å². The van der Waals surface area contributed by atoms with E-state index in [0.29, 0.717) is 16.7 Å². The second kappa shape index (κ2) is 8.21. The molecule has 150 valence electrons. The zero-order chi connectivity index (χ0) is 21.1. The Morgan fingerprint density at radius 1 is 0.967 bits per heavy atom. The fourth-order valence-electron chi connectivity index (χ4n) is 3.02. The molecule has 0 saturated carbocycles. The second-order valence-corrected chi connectivity index (χ2v) is 6.79. The van der Waals surface area contributed by atoms with Crippen LogP contribution in [0.5, 0.6) is 5.75 Å². The van der Waals surface area contributed by atoms with Gasteiger partial charge in [0.2, 0.25) is 5.78 Å². The van der Waals surface area contributed by atoms with Gasteiger partial charge < -0.3 is 14.5 Å². The largest absolute Gasteiger partial charge is 0.484 e. The van der Waals surface area contributed by atoms with Gasteiger partial charge in [-0.25, -0.2) is 4.39 Å². The highest BCUT2D eigenvalue weighted by molar-refractivity contribution is 6.17. The van der Waals surface area contributed by atoms with Gasteiger partial charge in [0, 0.05) is 10.9 Å². The van der Waals surface area contributed by atoms with Crippen molar-refractivity contribution < 1.29 is 23.1 Å². The summed E-state index contributed by atoms with van der Waals surface area (Å²) in [5, 5.41) is 3.31. The molecule has 4 aromatic rings. The first kappa shape index (κ1) is 19.4. The third kappa shape index (κ3) is 4.07. The Bertz CT molecular complexity index is 1210. The number of carbonyl (C=O) groups excluding carboxylic acids is 2. The number of hydrogen-bond acceptors (Lipinski definition) is 4. The third-order valence-electron chi connectivity index (χ3n) is 4.56. The molecule has 5 nitrogen and oxygen atoms in total. The number of carbonyl (C=O) groups is 2. The summed E-state index contributed by atoms with van der Waals surface area (Å²) in [5.41, 5.74) is 2.05. The Labute approximate surface area is 172 Å². The molecule has 0 spiro atoms. The van der Waals surface area contributed by atoms with Gasteiger partial charge in [-0.3, -0.25) is 9.59 Å². The van der Waals surface area contributed by atoms with E-state index in [2.05, 4.69) is 5.32 Å². The van der Waals surface area contributed by atoms with Crippen LogP contribution in [0.25, 0.3) is 11.0 Å². The van der Waals surface area contributed by atoms with E-state index >= 15 is 0 Å². The van der Waals surface area contributed by atoms with Crippen LogP contribution >= 0.6 is 0 Å². The van der Waals surface area contributed by atoms with Crippen LogP contribution in [0.15, 0.2) is 77.2 Å². The van der Waals surface area contributed by atoms with E-state index in [1.165, 1.54) is 24.3 Å². The van der Waals surface area contributed by atoms with Crippen LogP contribution in [0, 0.1) is 12.7 Å². The van der Waals surface area contributed by atoms with Crippen LogP contribution in [0.4, 0.5) is 10.1 Å². The lowest BCUT2D eigenvalue weighted by molar-refractivity contribution is -0.118. The van der Waals surface area contributed by atoms with Crippen molar-refractivity contribution in [3.8, 4) is 5.75 Å². The normalized spacial score (nSPS) is 10.7. The van der Waals surface area contributed by atoms with Gasteiger partial charge in [-0.2, -0.15) is 0 Å². The Balaban J connectivity index is 1.59. The van der Waals surface area contributed by atoms with E-state index in [1.807, 2.05) is 19.1 Å². The first-order valence-corrected chi connectivity index (χ1v) is 9.32. The standard InChI is InChI=1S/C24H18FNO4/c1-15-6-12-18(13-7-15)29-14-21(27)26-22-19-4-2-3-5-20(19)30-24(22)23(28)16-8-10-17(25)11-9-16/h2-13H,14H2,1H3,(H,26,27). The Morgan fingerprint density at radius 2 is 1.67 bits per heavy atom. The van der Waals surface area contributed by atoms with Crippen molar-refractivity contribution in [2.45, 2.75) is 6.92 Å². The summed E-state index contributed by atoms with van der Waals surface area (Å²) in [6, 6.07) is 19.5. The van der Waals surface area contributed by atoms with Gasteiger partial charge in [-0.1, -0.05) is 29.8 Å². The van der Waals surface area contributed by atoms with Crippen molar-refractivity contribution in [1.29, 1.82) is 0 Å². The predicted octanol–water partition coefficient (Wildman–Crippen LogP) is 5.13. The predicted molar refractivity (Wildman–Crippen MR) is 111 cm³/mol. The summed E-state index contributed by atoms with van der Waals surface area (Å²) < 4.78 is 24.4. The minimum absolute atomic E-state index is 0.0218. The second-order valence-electron chi connectivity index (χ2n) is 6.79. The number of amides is 1. The highest BCUT2D eigenvalue weighted by Crippen LogP contribution is 2.32. The van der Waals surface area contributed by atoms with Crippen LogP contribution in [-0.2, 0) is 4.79 Å². The van der Waals surface area contributed by atoms with Gasteiger partial charge in [0.25, 0.3) is 5.91 Å². The summed E-state index contributed by atoms with van der Waals surface area (Å²) in [5.74, 6) is -0.795. The lowest BCUT2D eigenvalue weighted by Crippen LogP contribution is -2.21. The number of furan rings is 1. The quantitative estimate of drug-likeness (QED) is 0.453. The average Bonchev–Trinajstić information content (AvgIpc) is 3.12. The highest BCUT2D eigenvalue weighted by atomic mass is 19.1. The van der Waals surface area contributed by atoms with Crippen molar-refractivity contribution in [2.24, 2.45) is 0 Å². The van der Waals surface area contributed by atoms with Crippen LogP contribution in [-0.4, -0.2) is 18.3 Å². The monoisotopic (exact) mass is 403 g/mol. The molecule has 0 fully saturated rings. The zero-order valence-electron chi connectivity index (χ0n) is 16.1. The number of halogens is 1. The number of ether oxygens (including phenoxy) is 1. The molecule has 1 N–H and O–H groups in total. The molecule has 6 heteroatoms. The van der Waals surface area contributed by atoms with Crippen molar-refractivity contribution in [3.63, 3.8) is 0 Å². The van der Waals surface area contributed by atoms with Gasteiger partial charge >= 0.3 is 0 Å². The van der Waals surface area contributed by atoms with E-state index in [-0.39, 0.29) is 23.6 Å². The molecule has 0 radical (unpaired) electrons. The molecule has 0 bridgehead atoms. The van der Waals surface area contributed by atoms with E-state index in [1.54, 1.807) is 36.4 Å². The summed E-state index contributed by atoms with van der Waals surface area (Å²) in [6.07, 6.45) is 0. The molecule has 30 heavy (non-hydrogen) atoms. The molecule has 0 aliphatic rings. The van der Waals surface area contributed by atoms with Crippen molar-refractivity contribution in [2.75, 3.05) is 11.9 Å². The molecule has 0 saturated heterocycles. The Kier molecular flexibility index (Phi) is 5.30. The van der Waals surface area contributed by atoms with Crippen LogP contribution < -0.4 is 10.1 Å². The number of para-hydroxylation sites is 1. The van der Waals surface area contributed by atoms with Crippen molar-refractivity contribution in [3.05, 3.63) is 95.5 Å². The number of nitrogens with one attached hydrogen (secondary N) is 1. The number of rotatable bonds is 6. The molecule has 0 unspecified atom stereocenters. The Morgan fingerprint density at radius 3 is 2.40 bits per heavy atom. The maximum atomic E-state index is 13.2. The number of anilines is 1. The maximum Gasteiger partial charge on any atom is 0.262 e. The van der Waals surface area contributed by atoms with Crippen molar-refractivity contribution >= 4 is 28.3 Å². The molecule has 1 aromatic heterocycles. The number of fused-ring (bicyclic) bond motifs is 1. The summed E-state index contributed by atoms with van der Waals surface area (Å²) in [7, 11) is 0. The van der Waals surface area contributed by atoms with E-state index in [4.69, 9.17) is 9.15 Å². The SMILES string of the molecule is Cc1ccc(OCC(=O)Nc2c(C(=O)c3ccc(F)cc3)oc3ccccc23)cc1. The molecule has 3 aromatic carbocycles. The first-order valence-electron chi connectivity index (χ1n) is 9.32. The summed E-state index contributed by atoms with van der Waals surface area (Å²) in [6.45, 7) is 1.73. The highest BCUT2D eigenvalue weighted by Gasteiger charge is 2.23. The molecule has 4 rings (SSSR count). The van der Waals surface area contributed by atoms with Gasteiger partial charge in [0.05, 0.1) is 5.69 Å². The topological polar surface area (TPSA) is 68.5 Å². The van der Waals surface area contributed by atoms with E-state index in [9.17, 15) is 14.0 Å². The average molecular weight is 403 g/mol. The zero-order valence-corrected chi connectivity index (χ0v) is 16.1. The maximum absolute atomic E-state index is 13.2. The van der Waals surface area contributed by atoms with Crippen LogP contribution in [0.2, 0.25) is 0 Å². The van der Waals surface area contributed by atoms with Gasteiger partial charge in [-0.05, 0) is 55.5 Å². The van der Waals surface area contributed by atoms with E-state index < -0.39 is 17.5 Å². The summed E-state index contributed by atoms with van der Waals surface area (Å²) in [4.78, 5) is 25.5. The number of hydrogen-bond donors (Lipinski definition) is 1. The lowest BCUT2D eigenvalue weighted by Gasteiger charge is -2.08. The summed E-state index contributed by atoms with van der Waals surface area (Å²) >= 11 is 0.